The van der Waals surface area contributed by atoms with Crippen molar-refractivity contribution in [2.75, 3.05) is 0 Å². The van der Waals surface area contributed by atoms with E-state index in [1.807, 2.05) is 18.2 Å². The number of nitrogens with zero attached hydrogens (tertiary/aromatic N) is 2. The van der Waals surface area contributed by atoms with Crippen molar-refractivity contribution in [3.05, 3.63) is 71.8 Å². The first kappa shape index (κ1) is 11.5. The molecule has 4 heteroatoms. The van der Waals surface area contributed by atoms with Crippen LogP contribution in [0, 0.1) is 11.2 Å². The van der Waals surface area contributed by atoms with Crippen LogP contribution < -0.4 is 0 Å². The number of pyridine rings is 2. The summed E-state index contributed by atoms with van der Waals surface area (Å²) in [4.78, 5) is 8.48. The lowest BCUT2D eigenvalue weighted by Gasteiger charge is -2.05. The molecular formula is C15H10FN3. The fraction of sp³-hybridized carbons (Fsp3) is 0. The predicted octanol–water partition coefficient (Wildman–Crippen LogP) is 3.19. The summed E-state index contributed by atoms with van der Waals surface area (Å²) in [7, 11) is 0. The van der Waals surface area contributed by atoms with E-state index in [1.165, 1.54) is 12.1 Å². The number of hydrogen-bond donors (Lipinski definition) is 1. The van der Waals surface area contributed by atoms with Crippen molar-refractivity contribution >= 4 is 16.7 Å². The van der Waals surface area contributed by atoms with Gasteiger partial charge in [0.1, 0.15) is 5.82 Å². The molecule has 3 rings (SSSR count). The summed E-state index contributed by atoms with van der Waals surface area (Å²) in [5.41, 5.74) is 3.15. The highest BCUT2D eigenvalue weighted by Gasteiger charge is 2.07. The third-order valence-corrected chi connectivity index (χ3v) is 2.87. The second-order valence-electron chi connectivity index (χ2n) is 4.15. The van der Waals surface area contributed by atoms with Crippen LogP contribution in [-0.4, -0.2) is 15.7 Å². The van der Waals surface area contributed by atoms with Crippen molar-refractivity contribution in [3.8, 4) is 0 Å². The number of benzene rings is 1. The molecule has 0 radical (unpaired) electrons. The average Bonchev–Trinajstić information content (AvgIpc) is 2.47. The van der Waals surface area contributed by atoms with Gasteiger partial charge in [-0.15, -0.1) is 0 Å². The zero-order valence-corrected chi connectivity index (χ0v) is 9.97. The maximum Gasteiger partial charge on any atom is 0.123 e. The van der Waals surface area contributed by atoms with Gasteiger partial charge in [-0.25, -0.2) is 4.39 Å². The smallest absolute Gasteiger partial charge is 0.123 e. The highest BCUT2D eigenvalue weighted by atomic mass is 19.1. The number of aromatic nitrogens is 2. The van der Waals surface area contributed by atoms with Crippen molar-refractivity contribution in [2.45, 2.75) is 0 Å². The summed E-state index contributed by atoms with van der Waals surface area (Å²) < 4.78 is 12.9. The van der Waals surface area contributed by atoms with Gasteiger partial charge in [0.15, 0.2) is 0 Å². The van der Waals surface area contributed by atoms with Gasteiger partial charge in [0.2, 0.25) is 0 Å². The molecule has 2 aromatic heterocycles. The van der Waals surface area contributed by atoms with Crippen molar-refractivity contribution in [2.24, 2.45) is 0 Å². The molecule has 0 unspecified atom stereocenters. The summed E-state index contributed by atoms with van der Waals surface area (Å²) >= 11 is 0. The Morgan fingerprint density at radius 2 is 1.74 bits per heavy atom. The van der Waals surface area contributed by atoms with Gasteiger partial charge in [-0.1, -0.05) is 0 Å². The lowest BCUT2D eigenvalue weighted by atomic mass is 10.0. The standard InChI is InChI=1S/C15H10FN3/c16-12-5-3-10(4-6-12)15(17)11-8-14-13(19-9-11)2-1-7-18-14/h1-9,17H. The second kappa shape index (κ2) is 4.57. The summed E-state index contributed by atoms with van der Waals surface area (Å²) in [6.07, 6.45) is 3.32. The molecule has 92 valence electrons. The lowest BCUT2D eigenvalue weighted by molar-refractivity contribution is 0.628. The van der Waals surface area contributed by atoms with Gasteiger partial charge in [0, 0.05) is 23.5 Å². The highest BCUT2D eigenvalue weighted by Crippen LogP contribution is 2.14. The minimum absolute atomic E-state index is 0.306. The SMILES string of the molecule is N=C(c1ccc(F)cc1)c1cnc2cccnc2c1. The fourth-order valence-corrected chi connectivity index (χ4v) is 1.87. The van der Waals surface area contributed by atoms with E-state index in [4.69, 9.17) is 5.41 Å². The number of fused-ring (bicyclic) bond motifs is 1. The van der Waals surface area contributed by atoms with Gasteiger partial charge in [-0.3, -0.25) is 15.4 Å². The van der Waals surface area contributed by atoms with Crippen LogP contribution in [0.4, 0.5) is 4.39 Å². The first-order valence-corrected chi connectivity index (χ1v) is 5.80. The van der Waals surface area contributed by atoms with Crippen LogP contribution in [0.3, 0.4) is 0 Å². The maximum absolute atomic E-state index is 12.9. The molecule has 0 saturated carbocycles. The second-order valence-corrected chi connectivity index (χ2v) is 4.15. The van der Waals surface area contributed by atoms with Crippen molar-refractivity contribution in [1.82, 2.24) is 9.97 Å². The van der Waals surface area contributed by atoms with E-state index < -0.39 is 0 Å². The fourth-order valence-electron chi connectivity index (χ4n) is 1.87. The quantitative estimate of drug-likeness (QED) is 0.711. The predicted molar refractivity (Wildman–Crippen MR) is 71.9 cm³/mol. The van der Waals surface area contributed by atoms with Gasteiger partial charge in [0.05, 0.1) is 16.7 Å². The molecule has 3 nitrogen and oxygen atoms in total. The van der Waals surface area contributed by atoms with Gasteiger partial charge in [-0.2, -0.15) is 0 Å². The Hall–Kier alpha value is -2.62. The zero-order chi connectivity index (χ0) is 13.2. The minimum Gasteiger partial charge on any atom is -0.300 e. The van der Waals surface area contributed by atoms with E-state index in [0.29, 0.717) is 16.8 Å². The van der Waals surface area contributed by atoms with Gasteiger partial charge in [0.25, 0.3) is 0 Å². The van der Waals surface area contributed by atoms with E-state index in [1.54, 1.807) is 24.5 Å². The van der Waals surface area contributed by atoms with E-state index >= 15 is 0 Å². The van der Waals surface area contributed by atoms with E-state index in [9.17, 15) is 4.39 Å². The Kier molecular flexibility index (Phi) is 2.76. The monoisotopic (exact) mass is 251 g/mol. The van der Waals surface area contributed by atoms with Gasteiger partial charge >= 0.3 is 0 Å². The van der Waals surface area contributed by atoms with Crippen LogP contribution in [0.1, 0.15) is 11.1 Å². The molecule has 0 amide bonds. The minimum atomic E-state index is -0.310. The Bertz CT molecular complexity index is 751. The maximum atomic E-state index is 12.9. The Labute approximate surface area is 109 Å². The molecule has 0 aliphatic heterocycles. The van der Waals surface area contributed by atoms with Crippen LogP contribution in [0.25, 0.3) is 11.0 Å². The molecule has 0 spiro atoms. The zero-order valence-electron chi connectivity index (χ0n) is 9.97. The Morgan fingerprint density at radius 1 is 0.947 bits per heavy atom. The third kappa shape index (κ3) is 2.20. The summed E-state index contributed by atoms with van der Waals surface area (Å²) in [5.74, 6) is -0.310. The molecule has 0 aliphatic carbocycles. The first-order chi connectivity index (χ1) is 9.24. The Balaban J connectivity index is 2.04. The summed E-state index contributed by atoms with van der Waals surface area (Å²) in [5, 5.41) is 8.13. The van der Waals surface area contributed by atoms with Crippen LogP contribution in [-0.2, 0) is 0 Å². The first-order valence-electron chi connectivity index (χ1n) is 5.80. The van der Waals surface area contributed by atoms with E-state index in [-0.39, 0.29) is 5.82 Å². The molecular weight excluding hydrogens is 241 g/mol. The molecule has 0 aliphatic rings. The normalized spacial score (nSPS) is 10.6. The van der Waals surface area contributed by atoms with Crippen LogP contribution in [0.15, 0.2) is 54.9 Å². The van der Waals surface area contributed by atoms with Gasteiger partial charge in [-0.05, 0) is 42.5 Å². The number of hydrogen-bond acceptors (Lipinski definition) is 3. The molecule has 0 saturated heterocycles. The van der Waals surface area contributed by atoms with Crippen molar-refractivity contribution < 1.29 is 4.39 Å². The highest BCUT2D eigenvalue weighted by molar-refractivity contribution is 6.11. The molecule has 1 aromatic carbocycles. The molecule has 19 heavy (non-hydrogen) atoms. The van der Waals surface area contributed by atoms with E-state index in [2.05, 4.69) is 9.97 Å². The van der Waals surface area contributed by atoms with Gasteiger partial charge < -0.3 is 0 Å². The molecule has 0 atom stereocenters. The average molecular weight is 251 g/mol. The number of nitrogens with one attached hydrogen (secondary N) is 1. The molecule has 0 bridgehead atoms. The summed E-state index contributed by atoms with van der Waals surface area (Å²) in [6.45, 7) is 0. The molecule has 1 N–H and O–H groups in total. The van der Waals surface area contributed by atoms with Crippen molar-refractivity contribution in [1.29, 1.82) is 5.41 Å². The molecule has 2 heterocycles. The molecule has 3 aromatic rings. The number of rotatable bonds is 2. The Morgan fingerprint density at radius 3 is 2.53 bits per heavy atom. The topological polar surface area (TPSA) is 49.6 Å². The van der Waals surface area contributed by atoms with Crippen LogP contribution in [0.2, 0.25) is 0 Å². The molecule has 0 fully saturated rings. The van der Waals surface area contributed by atoms with E-state index in [0.717, 1.165) is 11.0 Å². The lowest BCUT2D eigenvalue weighted by Crippen LogP contribution is -2.02. The third-order valence-electron chi connectivity index (χ3n) is 2.87. The number of halogens is 1. The van der Waals surface area contributed by atoms with Crippen LogP contribution >= 0.6 is 0 Å². The van der Waals surface area contributed by atoms with Crippen molar-refractivity contribution in [3.63, 3.8) is 0 Å². The van der Waals surface area contributed by atoms with Crippen LogP contribution in [0.5, 0.6) is 0 Å². The largest absolute Gasteiger partial charge is 0.300 e. The summed E-state index contributed by atoms with van der Waals surface area (Å²) in [6, 6.07) is 11.4.